The maximum Gasteiger partial charge on any atom is 0.341 e. The van der Waals surface area contributed by atoms with Gasteiger partial charge in [-0.15, -0.1) is 11.3 Å². The number of hydrogen-bond donors (Lipinski definition) is 1. The lowest BCUT2D eigenvalue weighted by Gasteiger charge is -2.15. The Kier molecular flexibility index (Phi) is 6.55. The molecule has 0 bridgehead atoms. The number of nitrogens with one attached hydrogen (secondary N) is 1. The molecular formula is C23H24N2O6S. The Morgan fingerprint density at radius 3 is 2.50 bits per heavy atom. The Hall–Kier alpha value is -3.20. The molecule has 0 unspecified atom stereocenters. The molecule has 1 aromatic carbocycles. The van der Waals surface area contributed by atoms with Crippen molar-refractivity contribution in [2.45, 2.75) is 39.0 Å². The van der Waals surface area contributed by atoms with Crippen LogP contribution in [0.3, 0.4) is 0 Å². The van der Waals surface area contributed by atoms with E-state index in [1.54, 1.807) is 36.1 Å². The van der Waals surface area contributed by atoms with E-state index in [9.17, 15) is 19.2 Å². The molecule has 2 aromatic rings. The first kappa shape index (κ1) is 22.0. The molecule has 1 N–H and O–H groups in total. The van der Waals surface area contributed by atoms with E-state index in [0.717, 1.165) is 41.8 Å². The van der Waals surface area contributed by atoms with E-state index < -0.39 is 24.5 Å². The molecule has 2 aliphatic rings. The van der Waals surface area contributed by atoms with Gasteiger partial charge in [0.1, 0.15) is 5.00 Å². The number of nitrogens with zero attached hydrogens (tertiary/aromatic N) is 1. The number of esters is 2. The van der Waals surface area contributed by atoms with Crippen molar-refractivity contribution in [1.29, 1.82) is 0 Å². The van der Waals surface area contributed by atoms with Gasteiger partial charge < -0.3 is 19.7 Å². The summed E-state index contributed by atoms with van der Waals surface area (Å²) in [5.74, 6) is -1.55. The predicted octanol–water partition coefficient (Wildman–Crippen LogP) is 3.34. The minimum absolute atomic E-state index is 0.0683. The summed E-state index contributed by atoms with van der Waals surface area (Å²) < 4.78 is 10.3. The first-order valence-electron chi connectivity index (χ1n) is 10.7. The molecule has 9 heteroatoms. The highest BCUT2D eigenvalue weighted by molar-refractivity contribution is 7.17. The molecule has 0 saturated carbocycles. The van der Waals surface area contributed by atoms with E-state index in [2.05, 4.69) is 5.32 Å². The number of carbonyl (C=O) groups is 4. The highest BCUT2D eigenvalue weighted by atomic mass is 32.1. The molecule has 2 amide bonds. The Labute approximate surface area is 189 Å². The van der Waals surface area contributed by atoms with Crippen LogP contribution in [0.4, 0.5) is 10.7 Å². The van der Waals surface area contributed by atoms with E-state index in [-0.39, 0.29) is 18.1 Å². The van der Waals surface area contributed by atoms with E-state index in [0.29, 0.717) is 23.5 Å². The number of aryl methyl sites for hydroxylation is 1. The highest BCUT2D eigenvalue weighted by Crippen LogP contribution is 2.39. The van der Waals surface area contributed by atoms with Crippen molar-refractivity contribution < 1.29 is 28.7 Å². The average molecular weight is 457 g/mol. The van der Waals surface area contributed by atoms with Gasteiger partial charge in [0.2, 0.25) is 5.91 Å². The van der Waals surface area contributed by atoms with E-state index in [4.69, 9.17) is 9.47 Å². The van der Waals surface area contributed by atoms with Crippen LogP contribution in [-0.2, 0) is 31.9 Å². The lowest BCUT2D eigenvalue weighted by Crippen LogP contribution is -2.24. The Bertz CT molecular complexity index is 1060. The van der Waals surface area contributed by atoms with Crippen LogP contribution in [0.1, 0.15) is 57.3 Å². The van der Waals surface area contributed by atoms with E-state index in [1.807, 2.05) is 0 Å². The van der Waals surface area contributed by atoms with Crippen LogP contribution in [-0.4, -0.2) is 43.5 Å². The number of benzene rings is 1. The van der Waals surface area contributed by atoms with Crippen LogP contribution in [0.25, 0.3) is 0 Å². The molecule has 1 fully saturated rings. The van der Waals surface area contributed by atoms with E-state index in [1.165, 1.54) is 11.3 Å². The van der Waals surface area contributed by atoms with Crippen molar-refractivity contribution in [3.05, 3.63) is 45.8 Å². The summed E-state index contributed by atoms with van der Waals surface area (Å²) in [5, 5.41) is 3.13. The fourth-order valence-electron chi connectivity index (χ4n) is 3.99. The lowest BCUT2D eigenvalue weighted by molar-refractivity contribution is -0.119. The summed E-state index contributed by atoms with van der Waals surface area (Å²) in [6.07, 6.45) is 3.98. The van der Waals surface area contributed by atoms with Crippen molar-refractivity contribution in [3.63, 3.8) is 0 Å². The van der Waals surface area contributed by atoms with Crippen LogP contribution in [0.15, 0.2) is 24.3 Å². The Morgan fingerprint density at radius 1 is 1.03 bits per heavy atom. The smallest absolute Gasteiger partial charge is 0.341 e. The first-order chi connectivity index (χ1) is 15.5. The van der Waals surface area contributed by atoms with Crippen LogP contribution in [0.5, 0.6) is 0 Å². The summed E-state index contributed by atoms with van der Waals surface area (Å²) in [6, 6.07) is 6.53. The molecule has 2 heterocycles. The number of anilines is 2. The minimum Gasteiger partial charge on any atom is -0.462 e. The van der Waals surface area contributed by atoms with Crippen molar-refractivity contribution in [2.24, 2.45) is 0 Å². The third-order valence-corrected chi connectivity index (χ3v) is 6.68. The number of amides is 2. The fourth-order valence-corrected chi connectivity index (χ4v) is 5.28. The van der Waals surface area contributed by atoms with Crippen LogP contribution < -0.4 is 10.2 Å². The number of thiophene rings is 1. The third kappa shape index (κ3) is 4.52. The van der Waals surface area contributed by atoms with Crippen molar-refractivity contribution >= 4 is 45.8 Å². The zero-order valence-corrected chi connectivity index (χ0v) is 18.6. The van der Waals surface area contributed by atoms with Crippen LogP contribution in [0, 0.1) is 0 Å². The van der Waals surface area contributed by atoms with Crippen molar-refractivity contribution in [2.75, 3.05) is 30.0 Å². The maximum absolute atomic E-state index is 12.4. The molecule has 168 valence electrons. The molecule has 32 heavy (non-hydrogen) atoms. The van der Waals surface area contributed by atoms with Gasteiger partial charge in [0.25, 0.3) is 5.91 Å². The van der Waals surface area contributed by atoms with Crippen LogP contribution >= 0.6 is 11.3 Å². The van der Waals surface area contributed by atoms with Gasteiger partial charge in [0.15, 0.2) is 6.61 Å². The van der Waals surface area contributed by atoms with Crippen molar-refractivity contribution in [3.8, 4) is 0 Å². The van der Waals surface area contributed by atoms with Crippen LogP contribution in [0.2, 0.25) is 0 Å². The van der Waals surface area contributed by atoms with Gasteiger partial charge in [-0.3, -0.25) is 9.59 Å². The van der Waals surface area contributed by atoms with Crippen molar-refractivity contribution in [1.82, 2.24) is 0 Å². The fraction of sp³-hybridized carbons (Fsp3) is 0.391. The summed E-state index contributed by atoms with van der Waals surface area (Å²) in [5.41, 5.74) is 2.38. The van der Waals surface area contributed by atoms with Gasteiger partial charge in [0, 0.05) is 23.5 Å². The van der Waals surface area contributed by atoms with E-state index >= 15 is 0 Å². The van der Waals surface area contributed by atoms with Gasteiger partial charge in [-0.05, 0) is 62.4 Å². The molecule has 4 rings (SSSR count). The summed E-state index contributed by atoms with van der Waals surface area (Å²) in [4.78, 5) is 51.7. The van der Waals surface area contributed by atoms with Gasteiger partial charge in [-0.2, -0.15) is 0 Å². The molecular weight excluding hydrogens is 432 g/mol. The quantitative estimate of drug-likeness (QED) is 0.641. The maximum atomic E-state index is 12.4. The third-order valence-electron chi connectivity index (χ3n) is 5.48. The number of ether oxygens (including phenoxy) is 2. The monoisotopic (exact) mass is 456 g/mol. The number of rotatable bonds is 7. The second-order valence-corrected chi connectivity index (χ2v) is 8.71. The van der Waals surface area contributed by atoms with Gasteiger partial charge in [0.05, 0.1) is 17.7 Å². The molecule has 1 aliphatic carbocycles. The topological polar surface area (TPSA) is 102 Å². The van der Waals surface area contributed by atoms with Gasteiger partial charge in [-0.1, -0.05) is 0 Å². The highest BCUT2D eigenvalue weighted by Gasteiger charge is 2.28. The molecule has 1 saturated heterocycles. The first-order valence-corrected chi connectivity index (χ1v) is 11.5. The number of hydrogen-bond acceptors (Lipinski definition) is 7. The number of fused-ring (bicyclic) bond motifs is 1. The molecule has 1 aromatic heterocycles. The largest absolute Gasteiger partial charge is 0.462 e. The molecule has 0 atom stereocenters. The summed E-state index contributed by atoms with van der Waals surface area (Å²) >= 11 is 1.37. The predicted molar refractivity (Wildman–Crippen MR) is 119 cm³/mol. The second kappa shape index (κ2) is 9.52. The molecule has 1 aliphatic heterocycles. The lowest BCUT2D eigenvalue weighted by atomic mass is 10.1. The zero-order valence-electron chi connectivity index (χ0n) is 17.8. The normalized spacial score (nSPS) is 14.9. The van der Waals surface area contributed by atoms with Gasteiger partial charge in [-0.25, -0.2) is 9.59 Å². The van der Waals surface area contributed by atoms with Gasteiger partial charge >= 0.3 is 11.9 Å². The minimum atomic E-state index is -0.640. The standard InChI is InChI=1S/C23H24N2O6S/c1-2-30-23(29)20-16-5-3-6-17(16)32-21(20)24-18(26)13-31-22(28)14-8-10-15(11-9-14)25-12-4-7-19(25)27/h8-11H,2-7,12-13H2,1H3,(H,24,26). The summed E-state index contributed by atoms with van der Waals surface area (Å²) in [6.45, 7) is 2.18. The summed E-state index contributed by atoms with van der Waals surface area (Å²) in [7, 11) is 0. The molecule has 8 nitrogen and oxygen atoms in total. The zero-order chi connectivity index (χ0) is 22.7. The molecule has 0 spiro atoms. The molecule has 0 radical (unpaired) electrons. The average Bonchev–Trinajstić information content (AvgIpc) is 3.48. The number of carbonyl (C=O) groups excluding carboxylic acids is 4. The second-order valence-electron chi connectivity index (χ2n) is 7.60. The Morgan fingerprint density at radius 2 is 1.81 bits per heavy atom. The SMILES string of the molecule is CCOC(=O)c1c(NC(=O)COC(=O)c2ccc(N3CCCC3=O)cc2)sc2c1CCC2. The Balaban J connectivity index is 1.36.